The van der Waals surface area contributed by atoms with Crippen molar-refractivity contribution in [2.24, 2.45) is 17.3 Å². The maximum atomic E-state index is 13.6. The molecule has 169 valence electrons. The topological polar surface area (TPSA) is 17.1 Å². The van der Waals surface area contributed by atoms with E-state index in [1.807, 2.05) is 6.08 Å². The smallest absolute Gasteiger partial charge is 0.166 e. The molecule has 0 fully saturated rings. The first-order valence-corrected chi connectivity index (χ1v) is 12.1. The Kier molecular flexibility index (Phi) is 8.31. The second-order valence-corrected chi connectivity index (χ2v) is 10.7. The average molecular weight is 420 g/mol. The molecule has 1 aliphatic rings. The number of hydrogen-bond donors (Lipinski definition) is 0. The maximum Gasteiger partial charge on any atom is 0.166 e. The molecule has 1 aliphatic carbocycles. The predicted molar refractivity (Wildman–Crippen MR) is 136 cm³/mol. The molecule has 0 saturated carbocycles. The van der Waals surface area contributed by atoms with E-state index in [9.17, 15) is 4.79 Å². The van der Waals surface area contributed by atoms with Crippen molar-refractivity contribution in [3.8, 4) is 0 Å². The normalized spacial score (nSPS) is 19.5. The maximum absolute atomic E-state index is 13.6. The van der Waals surface area contributed by atoms with Crippen LogP contribution in [0, 0.1) is 23.7 Å². The fourth-order valence-corrected chi connectivity index (χ4v) is 4.35. The highest BCUT2D eigenvalue weighted by Gasteiger charge is 2.40. The molecule has 0 spiro atoms. The fraction of sp³-hybridized carbons (Fsp3) is 0.533. The second kappa shape index (κ2) is 10.2. The number of carbonyl (C=O) groups excluding carboxylic acids is 1. The largest absolute Gasteiger partial charge is 0.294 e. The van der Waals surface area contributed by atoms with Gasteiger partial charge in [-0.1, -0.05) is 111 Å². The summed E-state index contributed by atoms with van der Waals surface area (Å²) in [5, 5.41) is 0. The van der Waals surface area contributed by atoms with Crippen molar-refractivity contribution < 1.29 is 4.79 Å². The third kappa shape index (κ3) is 5.48. The van der Waals surface area contributed by atoms with Crippen LogP contribution in [-0.2, 0) is 4.79 Å². The molecule has 1 aromatic carbocycles. The van der Waals surface area contributed by atoms with Crippen LogP contribution < -0.4 is 0 Å². The molecule has 1 heteroatoms. The first kappa shape index (κ1) is 25.4. The zero-order chi connectivity index (χ0) is 23.5. The Labute approximate surface area is 191 Å². The van der Waals surface area contributed by atoms with Crippen molar-refractivity contribution >= 4 is 11.9 Å². The number of ketones is 1. The van der Waals surface area contributed by atoms with Crippen molar-refractivity contribution in [3.63, 3.8) is 0 Å². The first-order chi connectivity index (χ1) is 14.4. The van der Waals surface area contributed by atoms with Gasteiger partial charge in [-0.15, -0.1) is 0 Å². The molecule has 1 aromatic rings. The van der Waals surface area contributed by atoms with E-state index >= 15 is 0 Å². The summed E-state index contributed by atoms with van der Waals surface area (Å²) in [4.78, 5) is 13.6. The lowest BCUT2D eigenvalue weighted by Gasteiger charge is -2.36. The average Bonchev–Trinajstić information content (AvgIpc) is 2.70. The highest BCUT2D eigenvalue weighted by Crippen LogP contribution is 2.41. The third-order valence-corrected chi connectivity index (χ3v) is 6.69. The van der Waals surface area contributed by atoms with Crippen LogP contribution in [-0.4, -0.2) is 5.78 Å². The van der Waals surface area contributed by atoms with E-state index in [1.165, 1.54) is 27.8 Å². The standard InChI is InChI=1S/C30H43O/c1-19(2)24-12-11-15-30(18-24,23(9)10)29(31)14-13-26-27(21(5)6)16-25(20(3)4)17-28(26)22(7)8/h11-23H,1-10H3/b14-13+. The quantitative estimate of drug-likeness (QED) is 0.385. The Bertz CT molecular complexity index is 845. The number of allylic oxidation sites excluding steroid dienone is 5. The van der Waals surface area contributed by atoms with Crippen molar-refractivity contribution in [1.29, 1.82) is 0 Å². The summed E-state index contributed by atoms with van der Waals surface area (Å²) in [6.07, 6.45) is 12.4. The summed E-state index contributed by atoms with van der Waals surface area (Å²) < 4.78 is 0. The molecule has 0 N–H and O–H groups in total. The van der Waals surface area contributed by atoms with Crippen LogP contribution in [0.5, 0.6) is 0 Å². The molecular formula is C30H43O. The van der Waals surface area contributed by atoms with Gasteiger partial charge in [0.2, 0.25) is 0 Å². The molecule has 0 bridgehead atoms. The number of hydrogen-bond acceptors (Lipinski definition) is 1. The predicted octanol–water partition coefficient (Wildman–Crippen LogP) is 8.64. The zero-order valence-corrected chi connectivity index (χ0v) is 21.4. The minimum Gasteiger partial charge on any atom is -0.294 e. The van der Waals surface area contributed by atoms with E-state index in [-0.39, 0.29) is 11.7 Å². The van der Waals surface area contributed by atoms with Gasteiger partial charge in [-0.2, -0.15) is 0 Å². The molecule has 0 amide bonds. The molecular weight excluding hydrogens is 376 g/mol. The van der Waals surface area contributed by atoms with E-state index in [0.29, 0.717) is 23.7 Å². The fourth-order valence-electron chi connectivity index (χ4n) is 4.35. The highest BCUT2D eigenvalue weighted by atomic mass is 16.1. The number of benzene rings is 1. The van der Waals surface area contributed by atoms with Crippen molar-refractivity contribution in [1.82, 2.24) is 0 Å². The van der Waals surface area contributed by atoms with Crippen molar-refractivity contribution in [2.75, 3.05) is 0 Å². The van der Waals surface area contributed by atoms with Crippen molar-refractivity contribution in [2.45, 2.75) is 87.0 Å². The molecule has 1 nitrogen and oxygen atoms in total. The number of rotatable bonds is 8. The molecule has 31 heavy (non-hydrogen) atoms. The lowest BCUT2D eigenvalue weighted by atomic mass is 9.66. The SMILES string of the molecule is CC(C)C1=CC=CC(C(=O)/C=C/c2c(C(C)C)cc(C(C)C)cc2C(C)C)(C(C)C)[CH]1. The Balaban J connectivity index is 2.54. The van der Waals surface area contributed by atoms with E-state index < -0.39 is 5.41 Å². The Morgan fingerprint density at radius 1 is 0.806 bits per heavy atom. The van der Waals surface area contributed by atoms with Crippen LogP contribution in [0.4, 0.5) is 0 Å². The summed E-state index contributed by atoms with van der Waals surface area (Å²) in [6.45, 7) is 22.1. The van der Waals surface area contributed by atoms with Gasteiger partial charge < -0.3 is 0 Å². The highest BCUT2D eigenvalue weighted by molar-refractivity contribution is 6.01. The summed E-state index contributed by atoms with van der Waals surface area (Å²) in [5.74, 6) is 2.07. The summed E-state index contributed by atoms with van der Waals surface area (Å²) in [5.41, 5.74) is 5.95. The van der Waals surface area contributed by atoms with Gasteiger partial charge in [-0.3, -0.25) is 4.79 Å². The Hall–Kier alpha value is -1.89. The minimum atomic E-state index is -0.571. The molecule has 0 saturated heterocycles. The molecule has 0 heterocycles. The molecule has 2 rings (SSSR count). The Morgan fingerprint density at radius 2 is 1.35 bits per heavy atom. The van der Waals surface area contributed by atoms with Gasteiger partial charge in [0.1, 0.15) is 0 Å². The van der Waals surface area contributed by atoms with Gasteiger partial charge >= 0.3 is 0 Å². The van der Waals surface area contributed by atoms with Gasteiger partial charge in [0.15, 0.2) is 5.78 Å². The third-order valence-electron chi connectivity index (χ3n) is 6.69. The second-order valence-electron chi connectivity index (χ2n) is 10.7. The van der Waals surface area contributed by atoms with Gasteiger partial charge in [0, 0.05) is 6.42 Å². The summed E-state index contributed by atoms with van der Waals surface area (Å²) in [7, 11) is 0. The van der Waals surface area contributed by atoms with Gasteiger partial charge in [-0.25, -0.2) is 0 Å². The van der Waals surface area contributed by atoms with E-state index in [0.717, 1.165) is 0 Å². The molecule has 1 unspecified atom stereocenters. The lowest BCUT2D eigenvalue weighted by Crippen LogP contribution is -2.36. The van der Waals surface area contributed by atoms with Crippen LogP contribution in [0.2, 0.25) is 0 Å². The minimum absolute atomic E-state index is 0.169. The lowest BCUT2D eigenvalue weighted by molar-refractivity contribution is -0.121. The summed E-state index contributed by atoms with van der Waals surface area (Å²) in [6, 6.07) is 4.69. The molecule has 0 aromatic heterocycles. The van der Waals surface area contributed by atoms with Gasteiger partial charge in [0.25, 0.3) is 0 Å². The van der Waals surface area contributed by atoms with Gasteiger partial charge in [-0.05, 0) is 57.9 Å². The van der Waals surface area contributed by atoms with Crippen LogP contribution in [0.15, 0.2) is 42.0 Å². The van der Waals surface area contributed by atoms with Crippen molar-refractivity contribution in [3.05, 3.63) is 70.7 Å². The Morgan fingerprint density at radius 3 is 1.77 bits per heavy atom. The van der Waals surface area contributed by atoms with Crippen LogP contribution in [0.1, 0.15) is 109 Å². The zero-order valence-electron chi connectivity index (χ0n) is 21.4. The van der Waals surface area contributed by atoms with Crippen LogP contribution in [0.3, 0.4) is 0 Å². The van der Waals surface area contributed by atoms with E-state index in [4.69, 9.17) is 0 Å². The number of carbonyl (C=O) groups is 1. The van der Waals surface area contributed by atoms with E-state index in [1.54, 1.807) is 0 Å². The first-order valence-electron chi connectivity index (χ1n) is 12.1. The van der Waals surface area contributed by atoms with Crippen LogP contribution in [0.25, 0.3) is 6.08 Å². The summed E-state index contributed by atoms with van der Waals surface area (Å²) >= 11 is 0. The van der Waals surface area contributed by atoms with E-state index in [2.05, 4.69) is 112 Å². The van der Waals surface area contributed by atoms with Crippen LogP contribution >= 0.6 is 0 Å². The monoisotopic (exact) mass is 419 g/mol. The molecule has 1 atom stereocenters. The molecule has 0 aliphatic heterocycles. The molecule has 1 radical (unpaired) electrons. The van der Waals surface area contributed by atoms with Gasteiger partial charge in [0.05, 0.1) is 5.41 Å².